The van der Waals surface area contributed by atoms with E-state index in [1.807, 2.05) is 61.4 Å². The molecule has 334 valence electrons. The van der Waals surface area contributed by atoms with E-state index in [2.05, 4.69) is 9.97 Å². The van der Waals surface area contributed by atoms with E-state index in [1.165, 1.54) is 24.3 Å². The molecule has 2 aromatic heterocycles. The van der Waals surface area contributed by atoms with Crippen molar-refractivity contribution >= 4 is 17.6 Å². The van der Waals surface area contributed by atoms with E-state index in [1.54, 1.807) is 85.2 Å². The zero-order valence-corrected chi connectivity index (χ0v) is 36.9. The summed E-state index contributed by atoms with van der Waals surface area (Å²) in [4.78, 5) is 51.9. The number of rotatable bonds is 12. The number of carbonyl (C=O) groups is 3. The molecule has 0 spiro atoms. The van der Waals surface area contributed by atoms with E-state index in [-0.39, 0.29) is 41.3 Å². The Bertz CT molecular complexity index is 2590. The Labute approximate surface area is 372 Å². The van der Waals surface area contributed by atoms with Crippen molar-refractivity contribution in [2.45, 2.75) is 71.6 Å². The lowest BCUT2D eigenvalue weighted by Crippen LogP contribution is -2.45. The summed E-state index contributed by atoms with van der Waals surface area (Å²) in [5.41, 5.74) is 6.13. The van der Waals surface area contributed by atoms with Gasteiger partial charge in [0.05, 0.1) is 73.7 Å². The van der Waals surface area contributed by atoms with Crippen LogP contribution in [0, 0.1) is 37.3 Å². The van der Waals surface area contributed by atoms with Crippen molar-refractivity contribution in [3.8, 4) is 22.9 Å². The second-order valence-electron chi connectivity index (χ2n) is 16.4. The molecule has 12 nitrogen and oxygen atoms in total. The van der Waals surface area contributed by atoms with Crippen molar-refractivity contribution < 1.29 is 37.7 Å². The molecule has 4 heterocycles. The van der Waals surface area contributed by atoms with Crippen LogP contribution in [0.5, 0.6) is 11.5 Å². The van der Waals surface area contributed by atoms with Crippen LogP contribution in [0.1, 0.15) is 96.2 Å². The zero-order chi connectivity index (χ0) is 45.7. The predicted molar refractivity (Wildman–Crippen MR) is 238 cm³/mol. The molecule has 8 rings (SSSR count). The number of Topliss-reactive ketones (excluding diaryl/α,β-unsaturated/α-hetero) is 1. The van der Waals surface area contributed by atoms with Crippen molar-refractivity contribution in [3.63, 3.8) is 0 Å². The lowest BCUT2D eigenvalue weighted by molar-refractivity contribution is -0.145. The van der Waals surface area contributed by atoms with Gasteiger partial charge in [-0.25, -0.2) is 18.7 Å². The summed E-state index contributed by atoms with van der Waals surface area (Å²) < 4.78 is 41.3. The first-order chi connectivity index (χ1) is 30.8. The third-order valence-electron chi connectivity index (χ3n) is 12.3. The number of piperidine rings is 2. The van der Waals surface area contributed by atoms with Gasteiger partial charge in [0.1, 0.15) is 29.1 Å². The molecule has 5 atom stereocenters. The molecule has 0 saturated carbocycles. The summed E-state index contributed by atoms with van der Waals surface area (Å²) >= 11 is 0. The van der Waals surface area contributed by atoms with Crippen LogP contribution in [0.2, 0.25) is 0 Å². The first kappa shape index (κ1) is 45.4. The van der Waals surface area contributed by atoms with Crippen molar-refractivity contribution in [2.24, 2.45) is 11.8 Å². The van der Waals surface area contributed by atoms with Gasteiger partial charge in [0.15, 0.2) is 5.78 Å². The summed E-state index contributed by atoms with van der Waals surface area (Å²) in [6, 6.07) is 22.6. The molecule has 5 unspecified atom stereocenters. The number of carbonyl (C=O) groups excluding carboxylic acids is 3. The Hall–Kier alpha value is -6.67. The highest BCUT2D eigenvalue weighted by atomic mass is 19.1. The molecule has 0 aliphatic carbocycles. The number of hydrogen-bond acceptors (Lipinski definition) is 8. The molecule has 14 heteroatoms. The molecule has 2 aliphatic heterocycles. The Morgan fingerprint density at radius 3 is 1.64 bits per heavy atom. The van der Waals surface area contributed by atoms with E-state index >= 15 is 0 Å². The average Bonchev–Trinajstić information content (AvgIpc) is 3.96. The fraction of sp³-hybridized carbons (Fsp3) is 0.340. The van der Waals surface area contributed by atoms with Gasteiger partial charge in [-0.15, -0.1) is 0 Å². The van der Waals surface area contributed by atoms with Crippen LogP contribution in [0.4, 0.5) is 8.78 Å². The number of imidazole rings is 2. The fourth-order valence-electron chi connectivity index (χ4n) is 8.65. The van der Waals surface area contributed by atoms with Crippen molar-refractivity contribution in [1.29, 1.82) is 0 Å². The molecule has 0 bridgehead atoms. The standard InChI is InChI=1S/C25H28FN3O3.C25H26FN3O3/c2*1-16-14-28(15-27-16)22-11-8-19(13-23(22)32-3)24(30)21-5-4-12-29(25(21)31)17(2)18-6-9-20(26)10-7-18/h6-11,13-15,17,21,24,30H,4-5,12H2,1-3H3;6-11,13-15,17,21H,4-5,12H2,1-3H3. The third kappa shape index (κ3) is 9.76. The number of aliphatic hydroxyl groups is 1. The average molecular weight is 873 g/mol. The van der Waals surface area contributed by atoms with Gasteiger partial charge in [-0.1, -0.05) is 30.3 Å². The monoisotopic (exact) mass is 872 g/mol. The predicted octanol–water partition coefficient (Wildman–Crippen LogP) is 8.87. The number of ether oxygens (including phenoxy) is 2. The summed E-state index contributed by atoms with van der Waals surface area (Å²) in [5.74, 6) is -1.26. The normalized spacial score (nSPS) is 17.9. The van der Waals surface area contributed by atoms with E-state index in [0.717, 1.165) is 46.7 Å². The SMILES string of the molecule is COc1cc(C(=O)C2CCCN(C(C)c3ccc(F)cc3)C2=O)ccc1-n1cnc(C)c1.COc1cc(C(O)C2CCCN(C(C)c3ccc(F)cc3)C2=O)ccc1-n1cnc(C)c1. The summed E-state index contributed by atoms with van der Waals surface area (Å²) in [6.07, 6.45) is 8.87. The van der Waals surface area contributed by atoms with Crippen molar-refractivity contribution in [2.75, 3.05) is 27.3 Å². The Balaban J connectivity index is 0.000000191. The number of benzene rings is 4. The summed E-state index contributed by atoms with van der Waals surface area (Å²) in [5, 5.41) is 11.1. The molecule has 2 fully saturated rings. The molecule has 1 N–H and O–H groups in total. The second kappa shape index (κ2) is 19.8. The maximum atomic E-state index is 13.3. The highest BCUT2D eigenvalue weighted by molar-refractivity contribution is 6.10. The van der Waals surface area contributed by atoms with E-state index in [9.17, 15) is 28.3 Å². The van der Waals surface area contributed by atoms with E-state index in [0.29, 0.717) is 48.6 Å². The molecule has 6 aromatic rings. The first-order valence-corrected chi connectivity index (χ1v) is 21.5. The molecule has 64 heavy (non-hydrogen) atoms. The van der Waals surface area contributed by atoms with Gasteiger partial charge in [0.25, 0.3) is 0 Å². The minimum Gasteiger partial charge on any atom is -0.495 e. The van der Waals surface area contributed by atoms with Crippen LogP contribution >= 0.6 is 0 Å². The quantitative estimate of drug-likeness (QED) is 0.0954. The van der Waals surface area contributed by atoms with E-state index < -0.39 is 17.9 Å². The molecular weight excluding hydrogens is 819 g/mol. The topological polar surface area (TPSA) is 132 Å². The fourth-order valence-corrected chi connectivity index (χ4v) is 8.65. The van der Waals surface area contributed by atoms with Gasteiger partial charge in [-0.3, -0.25) is 14.4 Å². The maximum absolute atomic E-state index is 13.3. The van der Waals surface area contributed by atoms with Crippen LogP contribution in [-0.4, -0.2) is 78.9 Å². The smallest absolute Gasteiger partial charge is 0.234 e. The van der Waals surface area contributed by atoms with E-state index in [4.69, 9.17) is 9.47 Å². The number of ketones is 1. The molecule has 4 aromatic carbocycles. The molecule has 2 saturated heterocycles. The van der Waals surface area contributed by atoms with Gasteiger partial charge >= 0.3 is 0 Å². The number of halogens is 2. The zero-order valence-electron chi connectivity index (χ0n) is 36.9. The summed E-state index contributed by atoms with van der Waals surface area (Å²) in [7, 11) is 3.13. The number of nitrogens with zero attached hydrogens (tertiary/aromatic N) is 6. The van der Waals surface area contributed by atoms with Crippen LogP contribution in [0.3, 0.4) is 0 Å². The largest absolute Gasteiger partial charge is 0.495 e. The number of aryl methyl sites for hydroxylation is 2. The van der Waals surface area contributed by atoms with Crippen LogP contribution in [0.25, 0.3) is 11.4 Å². The molecule has 2 aliphatic rings. The number of hydrogen-bond donors (Lipinski definition) is 1. The Morgan fingerprint density at radius 2 is 1.14 bits per heavy atom. The minimum atomic E-state index is -0.946. The Kier molecular flexibility index (Phi) is 14.0. The van der Waals surface area contributed by atoms with Crippen molar-refractivity contribution in [3.05, 3.63) is 155 Å². The van der Waals surface area contributed by atoms with Gasteiger partial charge in [0, 0.05) is 31.0 Å². The third-order valence-corrected chi connectivity index (χ3v) is 12.3. The van der Waals surface area contributed by atoms with Crippen LogP contribution in [-0.2, 0) is 9.59 Å². The Morgan fingerprint density at radius 1 is 0.672 bits per heavy atom. The lowest BCUT2D eigenvalue weighted by Gasteiger charge is -2.38. The highest BCUT2D eigenvalue weighted by Gasteiger charge is 2.38. The lowest BCUT2D eigenvalue weighted by atomic mass is 9.86. The van der Waals surface area contributed by atoms with Crippen LogP contribution < -0.4 is 9.47 Å². The molecule has 2 amide bonds. The highest BCUT2D eigenvalue weighted by Crippen LogP contribution is 2.37. The molecule has 0 radical (unpaired) electrons. The first-order valence-electron chi connectivity index (χ1n) is 21.5. The van der Waals surface area contributed by atoms with Crippen molar-refractivity contribution in [1.82, 2.24) is 28.9 Å². The number of aromatic nitrogens is 4. The maximum Gasteiger partial charge on any atom is 0.234 e. The van der Waals surface area contributed by atoms with Gasteiger partial charge < -0.3 is 33.5 Å². The number of aliphatic hydroxyl groups excluding tert-OH is 1. The van der Waals surface area contributed by atoms with Gasteiger partial charge in [-0.05, 0) is 125 Å². The van der Waals surface area contributed by atoms with Crippen LogP contribution in [0.15, 0.2) is 110 Å². The van der Waals surface area contributed by atoms with Gasteiger partial charge in [0.2, 0.25) is 11.8 Å². The summed E-state index contributed by atoms with van der Waals surface area (Å²) in [6.45, 7) is 8.84. The second-order valence-corrected chi connectivity index (χ2v) is 16.4. The number of amides is 2. The molecular formula is C50H54F2N6O6. The van der Waals surface area contributed by atoms with Gasteiger partial charge in [-0.2, -0.15) is 0 Å². The number of likely N-dealkylation sites (tertiary alicyclic amines) is 2. The number of methoxy groups -OCH3 is 2. The minimum absolute atomic E-state index is 0.0890.